The van der Waals surface area contributed by atoms with Crippen LogP contribution in [0.5, 0.6) is 0 Å². The molecule has 0 aromatic carbocycles. The summed E-state index contributed by atoms with van der Waals surface area (Å²) in [7, 11) is 0. The molecule has 0 aliphatic carbocycles. The van der Waals surface area contributed by atoms with Gasteiger partial charge in [-0.25, -0.2) is 0 Å². The summed E-state index contributed by atoms with van der Waals surface area (Å²) < 4.78 is 0. The Morgan fingerprint density at radius 3 is 2.21 bits per heavy atom. The third-order valence-electron chi connectivity index (χ3n) is 2.47. The second-order valence-corrected chi connectivity index (χ2v) is 3.69. The highest BCUT2D eigenvalue weighted by Gasteiger charge is 1.95. The van der Waals surface area contributed by atoms with Crippen LogP contribution in [0.1, 0.15) is 27.7 Å². The Balaban J connectivity index is 4.06. The molecular weight excluding hydrogens is 168 g/mol. The molecule has 0 heterocycles. The lowest BCUT2D eigenvalue weighted by Crippen LogP contribution is -1.89. The van der Waals surface area contributed by atoms with E-state index >= 15 is 0 Å². The minimum absolute atomic E-state index is 0.456. The monoisotopic (exact) mass is 190 g/mol. The van der Waals surface area contributed by atoms with Crippen LogP contribution in [0, 0.1) is 11.8 Å². The third-order valence-corrected chi connectivity index (χ3v) is 2.47. The molecule has 0 aromatic rings. The van der Waals surface area contributed by atoms with E-state index in [2.05, 4.69) is 64.7 Å². The molecule has 78 valence electrons. The summed E-state index contributed by atoms with van der Waals surface area (Å²) in [5.74, 6) is 0.987. The Bertz CT molecular complexity index is 241. The first kappa shape index (κ1) is 13.0. The first-order valence-corrected chi connectivity index (χ1v) is 5.22. The maximum Gasteiger partial charge on any atom is -0.00514 e. The Labute approximate surface area is 88.7 Å². The smallest absolute Gasteiger partial charge is 0.00514 e. The summed E-state index contributed by atoms with van der Waals surface area (Å²) >= 11 is 0. The number of hydrogen-bond donors (Lipinski definition) is 0. The van der Waals surface area contributed by atoms with E-state index in [0.717, 1.165) is 0 Å². The molecule has 0 spiro atoms. The lowest BCUT2D eigenvalue weighted by atomic mass is 10.0. The molecule has 0 N–H and O–H groups in total. The van der Waals surface area contributed by atoms with E-state index in [4.69, 9.17) is 0 Å². The van der Waals surface area contributed by atoms with Crippen molar-refractivity contribution in [1.29, 1.82) is 0 Å². The van der Waals surface area contributed by atoms with Crippen LogP contribution in [0.4, 0.5) is 0 Å². The molecule has 0 heteroatoms. The van der Waals surface area contributed by atoms with Gasteiger partial charge in [0.15, 0.2) is 0 Å². The van der Waals surface area contributed by atoms with Crippen molar-refractivity contribution in [3.63, 3.8) is 0 Å². The van der Waals surface area contributed by atoms with Gasteiger partial charge in [-0.2, -0.15) is 0 Å². The summed E-state index contributed by atoms with van der Waals surface area (Å²) in [6, 6.07) is 0. The normalized spacial score (nSPS) is 17.6. The van der Waals surface area contributed by atoms with Gasteiger partial charge in [-0.05, 0) is 25.7 Å². The highest BCUT2D eigenvalue weighted by molar-refractivity contribution is 5.14. The van der Waals surface area contributed by atoms with Crippen molar-refractivity contribution in [2.24, 2.45) is 11.8 Å². The first-order valence-electron chi connectivity index (χ1n) is 5.22. The second-order valence-electron chi connectivity index (χ2n) is 3.69. The van der Waals surface area contributed by atoms with Crippen LogP contribution in [0.2, 0.25) is 0 Å². The number of allylic oxidation sites excluding steroid dienone is 7. The molecule has 0 saturated heterocycles. The van der Waals surface area contributed by atoms with Gasteiger partial charge >= 0.3 is 0 Å². The lowest BCUT2D eigenvalue weighted by molar-refractivity contribution is 0.859. The van der Waals surface area contributed by atoms with Gasteiger partial charge in [-0.1, -0.05) is 55.9 Å². The van der Waals surface area contributed by atoms with E-state index in [-0.39, 0.29) is 0 Å². The second kappa shape index (κ2) is 7.37. The molecule has 0 bridgehead atoms. The van der Waals surface area contributed by atoms with Gasteiger partial charge in [0.05, 0.1) is 0 Å². The van der Waals surface area contributed by atoms with Crippen LogP contribution in [0.25, 0.3) is 0 Å². The van der Waals surface area contributed by atoms with Crippen LogP contribution in [0.3, 0.4) is 0 Å². The summed E-state index contributed by atoms with van der Waals surface area (Å²) in [6.45, 7) is 12.3. The Kier molecular flexibility index (Phi) is 6.82. The van der Waals surface area contributed by atoms with Gasteiger partial charge in [0.2, 0.25) is 0 Å². The standard InChI is InChI=1S/C14H22/c1-6-12(3)10-8-9-11-14(5)13(4)7-2/h6-12,14H,1H2,2-5H3/b10-8-,11-9-,13-7-. The van der Waals surface area contributed by atoms with Gasteiger partial charge < -0.3 is 0 Å². The molecule has 0 nitrogen and oxygen atoms in total. The topological polar surface area (TPSA) is 0 Å². The molecule has 0 aliphatic heterocycles. The van der Waals surface area contributed by atoms with Crippen molar-refractivity contribution in [3.8, 4) is 0 Å². The zero-order valence-corrected chi connectivity index (χ0v) is 9.83. The fourth-order valence-electron chi connectivity index (χ4n) is 0.963. The number of hydrogen-bond acceptors (Lipinski definition) is 0. The first-order chi connectivity index (χ1) is 6.61. The SMILES string of the molecule is C=CC(C)/C=C\C=C/C(C)/C(C)=C\C. The minimum Gasteiger partial charge on any atom is -0.102 e. The zero-order chi connectivity index (χ0) is 11.0. The van der Waals surface area contributed by atoms with E-state index in [0.29, 0.717) is 11.8 Å². The molecule has 0 radical (unpaired) electrons. The van der Waals surface area contributed by atoms with Crippen molar-refractivity contribution in [3.05, 3.63) is 48.6 Å². The van der Waals surface area contributed by atoms with E-state index < -0.39 is 0 Å². The fourth-order valence-corrected chi connectivity index (χ4v) is 0.963. The molecule has 2 atom stereocenters. The highest BCUT2D eigenvalue weighted by Crippen LogP contribution is 2.10. The van der Waals surface area contributed by atoms with Crippen molar-refractivity contribution >= 4 is 0 Å². The molecule has 0 amide bonds. The van der Waals surface area contributed by atoms with Gasteiger partial charge in [-0.15, -0.1) is 6.58 Å². The van der Waals surface area contributed by atoms with Crippen LogP contribution in [0.15, 0.2) is 48.6 Å². The summed E-state index contributed by atoms with van der Waals surface area (Å²) in [6.07, 6.45) is 12.6. The highest BCUT2D eigenvalue weighted by atomic mass is 14.0. The molecule has 0 aliphatic rings. The van der Waals surface area contributed by atoms with Crippen LogP contribution < -0.4 is 0 Å². The van der Waals surface area contributed by atoms with Gasteiger partial charge in [0, 0.05) is 0 Å². The molecule has 0 fully saturated rings. The fraction of sp³-hybridized carbons (Fsp3) is 0.429. The Morgan fingerprint density at radius 2 is 1.71 bits per heavy atom. The Morgan fingerprint density at radius 1 is 1.14 bits per heavy atom. The van der Waals surface area contributed by atoms with E-state index in [9.17, 15) is 0 Å². The third kappa shape index (κ3) is 5.58. The lowest BCUT2D eigenvalue weighted by Gasteiger charge is -2.04. The van der Waals surface area contributed by atoms with Crippen molar-refractivity contribution in [2.45, 2.75) is 27.7 Å². The van der Waals surface area contributed by atoms with E-state index in [1.54, 1.807) is 0 Å². The maximum absolute atomic E-state index is 3.73. The van der Waals surface area contributed by atoms with Gasteiger partial charge in [0.1, 0.15) is 0 Å². The summed E-state index contributed by atoms with van der Waals surface area (Å²) in [5, 5.41) is 0. The Hall–Kier alpha value is -1.04. The molecule has 0 saturated carbocycles. The molecule has 0 rings (SSSR count). The van der Waals surface area contributed by atoms with E-state index in [1.807, 2.05) is 6.08 Å². The predicted molar refractivity (Wildman–Crippen MR) is 66.2 cm³/mol. The molecule has 14 heavy (non-hydrogen) atoms. The number of rotatable bonds is 5. The van der Waals surface area contributed by atoms with Crippen LogP contribution in [-0.2, 0) is 0 Å². The zero-order valence-electron chi connectivity index (χ0n) is 9.83. The van der Waals surface area contributed by atoms with Crippen LogP contribution in [-0.4, -0.2) is 0 Å². The average molecular weight is 190 g/mol. The van der Waals surface area contributed by atoms with Crippen molar-refractivity contribution in [1.82, 2.24) is 0 Å². The van der Waals surface area contributed by atoms with Crippen LogP contribution >= 0.6 is 0 Å². The molecule has 0 aromatic heterocycles. The van der Waals surface area contributed by atoms with E-state index in [1.165, 1.54) is 5.57 Å². The summed E-state index contributed by atoms with van der Waals surface area (Å²) in [4.78, 5) is 0. The predicted octanol–water partition coefficient (Wildman–Crippen LogP) is 4.52. The quantitative estimate of drug-likeness (QED) is 0.441. The van der Waals surface area contributed by atoms with Crippen molar-refractivity contribution < 1.29 is 0 Å². The summed E-state index contributed by atoms with van der Waals surface area (Å²) in [5.41, 5.74) is 1.41. The van der Waals surface area contributed by atoms with Gasteiger partial charge in [-0.3, -0.25) is 0 Å². The average Bonchev–Trinajstić information content (AvgIpc) is 2.22. The largest absolute Gasteiger partial charge is 0.102 e. The maximum atomic E-state index is 3.73. The van der Waals surface area contributed by atoms with Crippen molar-refractivity contribution in [2.75, 3.05) is 0 Å². The van der Waals surface area contributed by atoms with Gasteiger partial charge in [0.25, 0.3) is 0 Å². The molecule has 2 unspecified atom stereocenters. The molecular formula is C14H22. The minimum atomic E-state index is 0.456.